The van der Waals surface area contributed by atoms with Crippen LogP contribution >= 0.6 is 0 Å². The van der Waals surface area contributed by atoms with E-state index in [9.17, 15) is 0 Å². The van der Waals surface area contributed by atoms with Crippen LogP contribution in [0.15, 0.2) is 33.8 Å². The van der Waals surface area contributed by atoms with Gasteiger partial charge < -0.3 is 14.7 Å². The average Bonchev–Trinajstić information content (AvgIpc) is 2.92. The van der Waals surface area contributed by atoms with Crippen LogP contribution < -0.4 is 5.32 Å². The van der Waals surface area contributed by atoms with Crippen molar-refractivity contribution in [2.45, 2.75) is 40.2 Å². The highest BCUT2D eigenvalue weighted by Crippen LogP contribution is 2.18. The van der Waals surface area contributed by atoms with Gasteiger partial charge in [-0.3, -0.25) is 4.99 Å². The fraction of sp³-hybridized carbons (Fsp3) is 0.474. The Kier molecular flexibility index (Phi) is 5.18. The van der Waals surface area contributed by atoms with E-state index in [1.807, 2.05) is 13.8 Å². The summed E-state index contributed by atoms with van der Waals surface area (Å²) in [5, 5.41) is 7.44. The van der Waals surface area contributed by atoms with Crippen molar-refractivity contribution >= 4 is 5.96 Å². The number of hydrogen-bond donors (Lipinski definition) is 1. The van der Waals surface area contributed by atoms with Crippen LogP contribution in [0.1, 0.15) is 35.1 Å². The number of nitrogens with one attached hydrogen (secondary N) is 1. The molecule has 24 heavy (non-hydrogen) atoms. The predicted octanol–water partition coefficient (Wildman–Crippen LogP) is 2.86. The molecule has 0 saturated carbocycles. The van der Waals surface area contributed by atoms with Crippen LogP contribution in [0.4, 0.5) is 0 Å². The van der Waals surface area contributed by atoms with Gasteiger partial charge in [-0.1, -0.05) is 29.4 Å². The second-order valence-corrected chi connectivity index (χ2v) is 6.23. The van der Waals surface area contributed by atoms with Gasteiger partial charge in [-0.15, -0.1) is 0 Å². The number of aryl methyl sites for hydroxylation is 2. The first-order chi connectivity index (χ1) is 11.7. The Bertz CT molecular complexity index is 700. The van der Waals surface area contributed by atoms with Crippen LogP contribution in [0.3, 0.4) is 0 Å². The smallest absolute Gasteiger partial charge is 0.194 e. The number of rotatable bonds is 4. The lowest BCUT2D eigenvalue weighted by atomic mass is 10.0. The van der Waals surface area contributed by atoms with Crippen molar-refractivity contribution in [2.75, 3.05) is 19.6 Å². The molecule has 0 amide bonds. The molecule has 1 N–H and O–H groups in total. The third-order valence-corrected chi connectivity index (χ3v) is 4.57. The molecule has 2 aromatic rings. The molecule has 0 spiro atoms. The summed E-state index contributed by atoms with van der Waals surface area (Å²) in [7, 11) is 0. The van der Waals surface area contributed by atoms with Gasteiger partial charge >= 0.3 is 0 Å². The molecule has 0 radical (unpaired) electrons. The van der Waals surface area contributed by atoms with Crippen molar-refractivity contribution in [3.8, 4) is 0 Å². The van der Waals surface area contributed by atoms with Gasteiger partial charge in [0, 0.05) is 31.7 Å². The molecule has 0 atom stereocenters. The quantitative estimate of drug-likeness (QED) is 0.693. The highest BCUT2D eigenvalue weighted by molar-refractivity contribution is 5.80. The molecule has 0 unspecified atom stereocenters. The van der Waals surface area contributed by atoms with Crippen molar-refractivity contribution in [3.63, 3.8) is 0 Å². The normalized spacial score (nSPS) is 14.6. The summed E-state index contributed by atoms with van der Waals surface area (Å²) in [5.41, 5.74) is 5.01. The molecule has 0 fully saturated rings. The van der Waals surface area contributed by atoms with Crippen LogP contribution in [-0.4, -0.2) is 35.7 Å². The summed E-state index contributed by atoms with van der Waals surface area (Å²) in [4.78, 5) is 7.18. The Hall–Kier alpha value is -2.30. The molecule has 1 aromatic heterocycles. The van der Waals surface area contributed by atoms with E-state index >= 15 is 0 Å². The lowest BCUT2D eigenvalue weighted by molar-refractivity contribution is 0.378. The van der Waals surface area contributed by atoms with E-state index in [0.29, 0.717) is 0 Å². The Morgan fingerprint density at radius 1 is 1.29 bits per heavy atom. The molecule has 128 valence electrons. The summed E-state index contributed by atoms with van der Waals surface area (Å²) < 4.78 is 5.23. The van der Waals surface area contributed by atoms with Crippen molar-refractivity contribution < 1.29 is 4.52 Å². The Balaban J connectivity index is 1.68. The second kappa shape index (κ2) is 7.51. The topological polar surface area (TPSA) is 53.7 Å². The molecule has 1 aliphatic heterocycles. The van der Waals surface area contributed by atoms with Gasteiger partial charge in [0.15, 0.2) is 5.96 Å². The summed E-state index contributed by atoms with van der Waals surface area (Å²) in [6.07, 6.45) is 1.94. The maximum Gasteiger partial charge on any atom is 0.194 e. The minimum absolute atomic E-state index is 0.739. The molecule has 0 aliphatic carbocycles. The van der Waals surface area contributed by atoms with Crippen LogP contribution in [0.5, 0.6) is 0 Å². The molecule has 2 heterocycles. The van der Waals surface area contributed by atoms with Gasteiger partial charge in [0.1, 0.15) is 5.76 Å². The van der Waals surface area contributed by atoms with Crippen molar-refractivity contribution in [1.29, 1.82) is 0 Å². The number of aromatic nitrogens is 1. The lowest BCUT2D eigenvalue weighted by Crippen LogP contribution is -2.44. The maximum atomic E-state index is 5.23. The van der Waals surface area contributed by atoms with Gasteiger partial charge in [-0.05, 0) is 44.7 Å². The van der Waals surface area contributed by atoms with Crippen LogP contribution in [0, 0.1) is 13.8 Å². The van der Waals surface area contributed by atoms with Crippen molar-refractivity contribution in [3.05, 3.63) is 52.4 Å². The average molecular weight is 326 g/mol. The van der Waals surface area contributed by atoms with Gasteiger partial charge in [0.25, 0.3) is 0 Å². The first kappa shape index (κ1) is 16.6. The zero-order valence-electron chi connectivity index (χ0n) is 14.8. The fourth-order valence-electron chi connectivity index (χ4n) is 3.23. The molecule has 5 nitrogen and oxygen atoms in total. The van der Waals surface area contributed by atoms with E-state index < -0.39 is 0 Å². The third-order valence-electron chi connectivity index (χ3n) is 4.57. The minimum atomic E-state index is 0.739. The molecule has 0 saturated heterocycles. The minimum Gasteiger partial charge on any atom is -0.361 e. The maximum absolute atomic E-state index is 5.23. The Morgan fingerprint density at radius 3 is 2.79 bits per heavy atom. The predicted molar refractivity (Wildman–Crippen MR) is 96.2 cm³/mol. The molecule has 1 aromatic carbocycles. The monoisotopic (exact) mass is 326 g/mol. The van der Waals surface area contributed by atoms with Crippen LogP contribution in [0.25, 0.3) is 0 Å². The van der Waals surface area contributed by atoms with Crippen LogP contribution in [-0.2, 0) is 19.4 Å². The first-order valence-corrected chi connectivity index (χ1v) is 8.70. The standard InChI is InChI=1S/C19H26N4O/c1-4-20-19(21-11-9-18-14(2)22-24-15(18)3)23-12-10-16-7-5-6-8-17(16)13-23/h5-8H,4,9-13H2,1-3H3,(H,20,21). The van der Waals surface area contributed by atoms with E-state index in [1.165, 1.54) is 16.7 Å². The van der Waals surface area contributed by atoms with E-state index in [4.69, 9.17) is 9.52 Å². The highest BCUT2D eigenvalue weighted by Gasteiger charge is 2.18. The Morgan fingerprint density at radius 2 is 2.08 bits per heavy atom. The molecular weight excluding hydrogens is 300 g/mol. The number of nitrogens with zero attached hydrogens (tertiary/aromatic N) is 3. The van der Waals surface area contributed by atoms with Crippen molar-refractivity contribution in [1.82, 2.24) is 15.4 Å². The third kappa shape index (κ3) is 3.61. The summed E-state index contributed by atoms with van der Waals surface area (Å²) in [5.74, 6) is 1.90. The largest absolute Gasteiger partial charge is 0.361 e. The molecular formula is C19H26N4O. The van der Waals surface area contributed by atoms with E-state index in [-0.39, 0.29) is 0 Å². The molecule has 3 rings (SSSR count). The first-order valence-electron chi connectivity index (χ1n) is 8.70. The van der Waals surface area contributed by atoms with Gasteiger partial charge in [-0.2, -0.15) is 0 Å². The van der Waals surface area contributed by atoms with E-state index in [2.05, 4.69) is 46.6 Å². The van der Waals surface area contributed by atoms with E-state index in [1.54, 1.807) is 0 Å². The number of fused-ring (bicyclic) bond motifs is 1. The van der Waals surface area contributed by atoms with E-state index in [0.717, 1.165) is 56.4 Å². The summed E-state index contributed by atoms with van der Waals surface area (Å²) >= 11 is 0. The number of aliphatic imine (C=N–C) groups is 1. The molecule has 5 heteroatoms. The van der Waals surface area contributed by atoms with Crippen molar-refractivity contribution in [2.24, 2.45) is 4.99 Å². The summed E-state index contributed by atoms with van der Waals surface area (Å²) in [6, 6.07) is 8.68. The number of benzene rings is 1. The van der Waals surface area contributed by atoms with Crippen LogP contribution in [0.2, 0.25) is 0 Å². The van der Waals surface area contributed by atoms with Gasteiger partial charge in [0.2, 0.25) is 0 Å². The Labute approximate surface area is 143 Å². The zero-order valence-corrected chi connectivity index (χ0v) is 14.8. The zero-order chi connectivity index (χ0) is 16.9. The van der Waals surface area contributed by atoms with Gasteiger partial charge in [-0.25, -0.2) is 0 Å². The second-order valence-electron chi connectivity index (χ2n) is 6.23. The van der Waals surface area contributed by atoms with Gasteiger partial charge in [0.05, 0.1) is 5.69 Å². The highest BCUT2D eigenvalue weighted by atomic mass is 16.5. The fourth-order valence-corrected chi connectivity index (χ4v) is 3.23. The molecule has 0 bridgehead atoms. The summed E-state index contributed by atoms with van der Waals surface area (Å²) in [6.45, 7) is 9.61. The molecule has 1 aliphatic rings. The lowest BCUT2D eigenvalue weighted by Gasteiger charge is -2.31. The number of hydrogen-bond acceptors (Lipinski definition) is 3. The SMILES string of the molecule is CCNC(=NCCc1c(C)noc1C)N1CCc2ccccc2C1. The number of guanidine groups is 1.